The molecule has 1 aromatic carbocycles. The number of benzene rings is 1. The van der Waals surface area contributed by atoms with E-state index in [9.17, 15) is 14.5 Å². The van der Waals surface area contributed by atoms with Gasteiger partial charge in [-0.15, -0.1) is 0 Å². The summed E-state index contributed by atoms with van der Waals surface area (Å²) >= 11 is 0. The number of non-ortho nitro benzene ring substituents is 1. The highest BCUT2D eigenvalue weighted by molar-refractivity contribution is 5.98. The van der Waals surface area contributed by atoms with Crippen LogP contribution in [0, 0.1) is 39.6 Å². The first-order valence-electron chi connectivity index (χ1n) is 10.3. The van der Waals surface area contributed by atoms with Crippen molar-refractivity contribution < 1.29 is 9.31 Å². The van der Waals surface area contributed by atoms with Gasteiger partial charge in [-0.05, 0) is 55.8 Å². The molecule has 150 valence electrons. The summed E-state index contributed by atoms with van der Waals surface area (Å²) < 4.78 is 14.6. The first-order valence-corrected chi connectivity index (χ1v) is 10.3. The summed E-state index contributed by atoms with van der Waals surface area (Å²) in [7, 11) is 0. The fourth-order valence-electron chi connectivity index (χ4n) is 5.60. The summed E-state index contributed by atoms with van der Waals surface area (Å²) in [4.78, 5) is 22.6. The summed E-state index contributed by atoms with van der Waals surface area (Å²) in [5.41, 5.74) is 1.55. The van der Waals surface area contributed by atoms with E-state index in [0.29, 0.717) is 52.2 Å². The zero-order valence-corrected chi connectivity index (χ0v) is 16.3. The normalized spacial score (nSPS) is 26.1. The standard InChI is InChI=1S/C22H23FN4O2/c1-12-13-5-7-14(8-6-13)16(12)9-19-18(23)11-25-22(26-19)17-10-24-21-15(17)3-2-4-20(21)27(28)29/h2-4,10-14,16,24H,5-9H2,1H3/t12-,13?,14?,16+/m1/s1. The fraction of sp³-hybridized carbons (Fsp3) is 0.455. The molecule has 3 fully saturated rings. The molecule has 6 nitrogen and oxygen atoms in total. The first kappa shape index (κ1) is 18.2. The second-order valence-corrected chi connectivity index (χ2v) is 8.55. The molecule has 3 aliphatic rings. The summed E-state index contributed by atoms with van der Waals surface area (Å²) in [6.45, 7) is 2.31. The van der Waals surface area contributed by atoms with Gasteiger partial charge in [0.25, 0.3) is 5.69 Å². The van der Waals surface area contributed by atoms with Crippen molar-refractivity contribution in [3.8, 4) is 11.4 Å². The average molecular weight is 394 g/mol. The van der Waals surface area contributed by atoms with Gasteiger partial charge in [0.15, 0.2) is 11.6 Å². The number of halogens is 1. The SMILES string of the molecule is C[C@@H]1C2CCC(CC2)[C@H]1Cc1nc(-c2c[nH]c3c([N+](=O)[O-])cccc23)ncc1F. The third kappa shape index (κ3) is 2.99. The number of nitrogens with one attached hydrogen (secondary N) is 1. The quantitative estimate of drug-likeness (QED) is 0.481. The lowest BCUT2D eigenvalue weighted by Gasteiger charge is -2.47. The number of nitro benzene ring substituents is 1. The van der Waals surface area contributed by atoms with Crippen LogP contribution in [-0.4, -0.2) is 19.9 Å². The molecule has 2 bridgehead atoms. The Kier molecular flexibility index (Phi) is 4.33. The number of hydrogen-bond acceptors (Lipinski definition) is 4. The second kappa shape index (κ2) is 6.90. The van der Waals surface area contributed by atoms with Crippen LogP contribution in [0.15, 0.2) is 30.6 Å². The van der Waals surface area contributed by atoms with Crippen molar-refractivity contribution in [1.29, 1.82) is 0 Å². The van der Waals surface area contributed by atoms with Crippen LogP contribution < -0.4 is 0 Å². The zero-order valence-electron chi connectivity index (χ0n) is 16.3. The zero-order chi connectivity index (χ0) is 20.1. The topological polar surface area (TPSA) is 84.7 Å². The molecular weight excluding hydrogens is 371 g/mol. The van der Waals surface area contributed by atoms with E-state index < -0.39 is 4.92 Å². The van der Waals surface area contributed by atoms with Crippen molar-refractivity contribution in [3.63, 3.8) is 0 Å². The smallest absolute Gasteiger partial charge is 0.293 e. The molecule has 29 heavy (non-hydrogen) atoms. The molecule has 2 aromatic heterocycles. The van der Waals surface area contributed by atoms with Gasteiger partial charge < -0.3 is 4.98 Å². The average Bonchev–Trinajstić information content (AvgIpc) is 3.16. The van der Waals surface area contributed by atoms with E-state index >= 15 is 0 Å². The molecule has 0 unspecified atom stereocenters. The monoisotopic (exact) mass is 394 g/mol. The molecule has 7 heteroatoms. The minimum atomic E-state index is -0.418. The van der Waals surface area contributed by atoms with Crippen molar-refractivity contribution >= 4 is 16.6 Å². The second-order valence-electron chi connectivity index (χ2n) is 8.55. The maximum absolute atomic E-state index is 14.6. The van der Waals surface area contributed by atoms with Gasteiger partial charge in [0.2, 0.25) is 0 Å². The lowest BCUT2D eigenvalue weighted by Crippen LogP contribution is -2.39. The van der Waals surface area contributed by atoms with Crippen molar-refractivity contribution in [2.75, 3.05) is 0 Å². The Morgan fingerprint density at radius 1 is 1.24 bits per heavy atom. The number of hydrogen-bond donors (Lipinski definition) is 1. The van der Waals surface area contributed by atoms with Crippen molar-refractivity contribution in [2.45, 2.75) is 39.0 Å². The third-order valence-corrected chi connectivity index (χ3v) is 7.22. The van der Waals surface area contributed by atoms with Crippen LogP contribution in [0.5, 0.6) is 0 Å². The summed E-state index contributed by atoms with van der Waals surface area (Å²) in [6.07, 6.45) is 8.62. The summed E-state index contributed by atoms with van der Waals surface area (Å²) in [5.74, 6) is 2.50. The van der Waals surface area contributed by atoms with Crippen LogP contribution in [0.3, 0.4) is 0 Å². The van der Waals surface area contributed by atoms with Crippen LogP contribution in [0.4, 0.5) is 10.1 Å². The van der Waals surface area contributed by atoms with E-state index in [-0.39, 0.29) is 11.5 Å². The Hall–Kier alpha value is -2.83. The van der Waals surface area contributed by atoms with Gasteiger partial charge in [-0.3, -0.25) is 10.1 Å². The van der Waals surface area contributed by atoms with Gasteiger partial charge in [-0.2, -0.15) is 0 Å². The number of rotatable bonds is 4. The summed E-state index contributed by atoms with van der Waals surface area (Å²) in [6, 6.07) is 4.89. The molecule has 2 heterocycles. The lowest BCUT2D eigenvalue weighted by molar-refractivity contribution is -0.383. The van der Waals surface area contributed by atoms with E-state index in [4.69, 9.17) is 0 Å². The van der Waals surface area contributed by atoms with Crippen molar-refractivity contribution in [1.82, 2.24) is 15.0 Å². The van der Waals surface area contributed by atoms with E-state index in [1.807, 2.05) is 0 Å². The van der Waals surface area contributed by atoms with E-state index in [0.717, 1.165) is 5.92 Å². The maximum Gasteiger partial charge on any atom is 0.293 e. The molecule has 6 rings (SSSR count). The number of fused-ring (bicyclic) bond motifs is 4. The summed E-state index contributed by atoms with van der Waals surface area (Å²) in [5, 5.41) is 11.9. The Labute approximate surface area is 167 Å². The highest BCUT2D eigenvalue weighted by atomic mass is 19.1. The van der Waals surface area contributed by atoms with E-state index in [1.165, 1.54) is 37.9 Å². The number of aromatic nitrogens is 3. The van der Waals surface area contributed by atoms with Gasteiger partial charge in [0.05, 0.1) is 16.8 Å². The molecule has 1 N–H and O–H groups in total. The minimum absolute atomic E-state index is 0.00291. The van der Waals surface area contributed by atoms with Crippen LogP contribution in [0.1, 0.15) is 38.3 Å². The van der Waals surface area contributed by atoms with Crippen molar-refractivity contribution in [3.05, 3.63) is 52.2 Å². The van der Waals surface area contributed by atoms with E-state index in [1.54, 1.807) is 18.3 Å². The Morgan fingerprint density at radius 3 is 2.72 bits per heavy atom. The first-order chi connectivity index (χ1) is 14.0. The van der Waals surface area contributed by atoms with Crippen molar-refractivity contribution in [2.24, 2.45) is 23.7 Å². The van der Waals surface area contributed by atoms with Crippen LogP contribution in [-0.2, 0) is 6.42 Å². The molecular formula is C22H23FN4O2. The van der Waals surface area contributed by atoms with Gasteiger partial charge in [-0.25, -0.2) is 14.4 Å². The predicted molar refractivity (Wildman–Crippen MR) is 108 cm³/mol. The molecule has 0 aliphatic heterocycles. The van der Waals surface area contributed by atoms with Crippen LogP contribution in [0.2, 0.25) is 0 Å². The molecule has 0 radical (unpaired) electrons. The van der Waals surface area contributed by atoms with Crippen LogP contribution >= 0.6 is 0 Å². The predicted octanol–water partition coefficient (Wildman–Crippen LogP) is 5.29. The minimum Gasteiger partial charge on any atom is -0.355 e. The molecule has 3 aliphatic carbocycles. The molecule has 0 saturated heterocycles. The number of para-hydroxylation sites is 1. The molecule has 3 saturated carbocycles. The Balaban J connectivity index is 1.51. The lowest BCUT2D eigenvalue weighted by atomic mass is 9.58. The third-order valence-electron chi connectivity index (χ3n) is 7.22. The largest absolute Gasteiger partial charge is 0.355 e. The van der Waals surface area contributed by atoms with Crippen LogP contribution in [0.25, 0.3) is 22.3 Å². The molecule has 3 aromatic rings. The van der Waals surface area contributed by atoms with Gasteiger partial charge in [0, 0.05) is 23.2 Å². The Bertz CT molecular complexity index is 1090. The highest BCUT2D eigenvalue weighted by Gasteiger charge is 2.41. The maximum atomic E-state index is 14.6. The van der Waals surface area contributed by atoms with Gasteiger partial charge in [0.1, 0.15) is 5.52 Å². The number of aromatic amines is 1. The molecule has 2 atom stereocenters. The molecule has 0 spiro atoms. The van der Waals surface area contributed by atoms with Gasteiger partial charge >= 0.3 is 0 Å². The fourth-order valence-corrected chi connectivity index (χ4v) is 5.60. The number of H-pyrrole nitrogens is 1. The number of nitrogens with zero attached hydrogens (tertiary/aromatic N) is 3. The van der Waals surface area contributed by atoms with E-state index in [2.05, 4.69) is 21.9 Å². The highest BCUT2D eigenvalue weighted by Crippen LogP contribution is 2.49. The van der Waals surface area contributed by atoms with Gasteiger partial charge in [-0.1, -0.05) is 19.1 Å². The Morgan fingerprint density at radius 2 is 2.00 bits per heavy atom. The number of nitro groups is 1. The molecule has 0 amide bonds.